The number of likely N-dealkylation sites (N-methyl/N-ethyl adjacent to an activating group) is 1. The smallest absolute Gasteiger partial charge is 0.410 e. The van der Waals surface area contributed by atoms with Crippen molar-refractivity contribution in [3.8, 4) is 0 Å². The SMILES string of the molecule is CN(CCc1nc(C(N)=O)cn1C)C(=O)OC(C)(C)C. The number of carbonyl (C=O) groups excluding carboxylic acids is 2. The molecule has 0 spiro atoms. The van der Waals surface area contributed by atoms with Gasteiger partial charge in [0.15, 0.2) is 0 Å². The van der Waals surface area contributed by atoms with Gasteiger partial charge in [-0.2, -0.15) is 0 Å². The Morgan fingerprint density at radius 1 is 1.45 bits per heavy atom. The highest BCUT2D eigenvalue weighted by molar-refractivity contribution is 5.90. The zero-order valence-electron chi connectivity index (χ0n) is 12.6. The van der Waals surface area contributed by atoms with E-state index in [-0.39, 0.29) is 11.8 Å². The highest BCUT2D eigenvalue weighted by Crippen LogP contribution is 2.09. The minimum atomic E-state index is -0.563. The second kappa shape index (κ2) is 5.94. The molecule has 7 heteroatoms. The first-order valence-corrected chi connectivity index (χ1v) is 6.36. The fourth-order valence-electron chi connectivity index (χ4n) is 1.55. The Hall–Kier alpha value is -2.05. The molecule has 1 aromatic rings. The summed E-state index contributed by atoms with van der Waals surface area (Å²) in [4.78, 5) is 28.4. The molecule has 1 heterocycles. The molecule has 0 fully saturated rings. The van der Waals surface area contributed by atoms with Crippen LogP contribution in [0.15, 0.2) is 6.20 Å². The van der Waals surface area contributed by atoms with E-state index in [4.69, 9.17) is 10.5 Å². The molecule has 2 amide bonds. The van der Waals surface area contributed by atoms with E-state index in [9.17, 15) is 9.59 Å². The number of ether oxygens (including phenoxy) is 1. The summed E-state index contributed by atoms with van der Waals surface area (Å²) in [5.74, 6) is 0.126. The molecule has 2 N–H and O–H groups in total. The topological polar surface area (TPSA) is 90.5 Å². The van der Waals surface area contributed by atoms with E-state index in [2.05, 4.69) is 4.98 Å². The Labute approximate surface area is 118 Å². The van der Waals surface area contributed by atoms with Crippen LogP contribution in [0.1, 0.15) is 37.1 Å². The molecule has 0 saturated carbocycles. The number of hydrogen-bond acceptors (Lipinski definition) is 4. The van der Waals surface area contributed by atoms with Crippen LogP contribution in [0.2, 0.25) is 0 Å². The molecular weight excluding hydrogens is 260 g/mol. The van der Waals surface area contributed by atoms with Crippen molar-refractivity contribution in [1.29, 1.82) is 0 Å². The standard InChI is InChI=1S/C13H22N4O3/c1-13(2,3)20-12(19)16(4)7-6-10-15-9(11(14)18)8-17(10)5/h8H,6-7H2,1-5H3,(H2,14,18). The zero-order chi connectivity index (χ0) is 15.5. The second-order valence-corrected chi connectivity index (χ2v) is 5.67. The number of aryl methyl sites for hydroxylation is 1. The van der Waals surface area contributed by atoms with Crippen molar-refractivity contribution in [3.63, 3.8) is 0 Å². The molecule has 0 aliphatic carbocycles. The zero-order valence-corrected chi connectivity index (χ0v) is 12.6. The summed E-state index contributed by atoms with van der Waals surface area (Å²) in [6.45, 7) is 5.89. The fourth-order valence-corrected chi connectivity index (χ4v) is 1.55. The van der Waals surface area contributed by atoms with Crippen molar-refractivity contribution in [1.82, 2.24) is 14.5 Å². The maximum Gasteiger partial charge on any atom is 0.410 e. The molecule has 0 aliphatic rings. The minimum absolute atomic E-state index is 0.224. The van der Waals surface area contributed by atoms with E-state index >= 15 is 0 Å². The molecule has 1 aromatic heterocycles. The molecule has 0 atom stereocenters. The number of hydrogen-bond donors (Lipinski definition) is 1. The van der Waals surface area contributed by atoms with Crippen LogP contribution in [0.3, 0.4) is 0 Å². The summed E-state index contributed by atoms with van der Waals surface area (Å²) in [6, 6.07) is 0. The fraction of sp³-hybridized carbons (Fsp3) is 0.615. The molecule has 1 rings (SSSR count). The number of nitrogens with zero attached hydrogens (tertiary/aromatic N) is 3. The first kappa shape index (κ1) is 16.0. The average molecular weight is 282 g/mol. The van der Waals surface area contributed by atoms with Crippen molar-refractivity contribution >= 4 is 12.0 Å². The third-order valence-electron chi connectivity index (χ3n) is 2.60. The molecule has 7 nitrogen and oxygen atoms in total. The van der Waals surface area contributed by atoms with Gasteiger partial charge in [0, 0.05) is 33.3 Å². The van der Waals surface area contributed by atoms with Crippen molar-refractivity contribution in [2.45, 2.75) is 32.8 Å². The van der Waals surface area contributed by atoms with Crippen LogP contribution in [0, 0.1) is 0 Å². The molecule has 0 unspecified atom stereocenters. The maximum atomic E-state index is 11.8. The van der Waals surface area contributed by atoms with E-state index < -0.39 is 11.5 Å². The summed E-state index contributed by atoms with van der Waals surface area (Å²) in [7, 11) is 3.44. The number of carbonyl (C=O) groups is 2. The monoisotopic (exact) mass is 282 g/mol. The summed E-state index contributed by atoms with van der Waals surface area (Å²) in [5, 5.41) is 0. The number of primary amides is 1. The average Bonchev–Trinajstić information content (AvgIpc) is 2.65. The molecule has 20 heavy (non-hydrogen) atoms. The van der Waals surface area contributed by atoms with E-state index in [1.807, 2.05) is 20.8 Å². The minimum Gasteiger partial charge on any atom is -0.444 e. The van der Waals surface area contributed by atoms with Gasteiger partial charge in [-0.3, -0.25) is 4.79 Å². The van der Waals surface area contributed by atoms with Gasteiger partial charge in [-0.05, 0) is 20.8 Å². The first-order valence-electron chi connectivity index (χ1n) is 6.36. The van der Waals surface area contributed by atoms with Gasteiger partial charge in [0.25, 0.3) is 5.91 Å². The normalized spacial score (nSPS) is 11.2. The van der Waals surface area contributed by atoms with Gasteiger partial charge < -0.3 is 19.9 Å². The molecule has 0 saturated heterocycles. The summed E-state index contributed by atoms with van der Waals surface area (Å²) < 4.78 is 6.97. The number of aromatic nitrogens is 2. The van der Waals surface area contributed by atoms with E-state index in [1.165, 1.54) is 4.90 Å². The van der Waals surface area contributed by atoms with E-state index in [0.717, 1.165) is 0 Å². The van der Waals surface area contributed by atoms with E-state index in [1.54, 1.807) is 24.9 Å². The van der Waals surface area contributed by atoms with E-state index in [0.29, 0.717) is 18.8 Å². The Kier molecular flexibility index (Phi) is 4.75. The largest absolute Gasteiger partial charge is 0.444 e. The first-order chi connectivity index (χ1) is 9.10. The van der Waals surface area contributed by atoms with Gasteiger partial charge in [-0.1, -0.05) is 0 Å². The van der Waals surface area contributed by atoms with Crippen molar-refractivity contribution in [2.75, 3.05) is 13.6 Å². The quantitative estimate of drug-likeness (QED) is 0.889. The van der Waals surface area contributed by atoms with Crippen LogP contribution < -0.4 is 5.73 Å². The summed E-state index contributed by atoms with van der Waals surface area (Å²) >= 11 is 0. The lowest BCUT2D eigenvalue weighted by molar-refractivity contribution is 0.0299. The van der Waals surface area contributed by atoms with Crippen LogP contribution in [0.5, 0.6) is 0 Å². The third kappa shape index (κ3) is 4.56. The molecule has 0 aromatic carbocycles. The Morgan fingerprint density at radius 3 is 2.50 bits per heavy atom. The van der Waals surface area contributed by atoms with Crippen LogP contribution in [0.4, 0.5) is 4.79 Å². The Bertz CT molecular complexity index is 502. The van der Waals surface area contributed by atoms with Gasteiger partial charge in [-0.25, -0.2) is 9.78 Å². The van der Waals surface area contributed by atoms with Gasteiger partial charge in [0.05, 0.1) is 0 Å². The van der Waals surface area contributed by atoms with Crippen LogP contribution in [0.25, 0.3) is 0 Å². The third-order valence-corrected chi connectivity index (χ3v) is 2.60. The molecule has 0 radical (unpaired) electrons. The molecule has 112 valence electrons. The maximum absolute atomic E-state index is 11.8. The Balaban J connectivity index is 2.59. The lowest BCUT2D eigenvalue weighted by Gasteiger charge is -2.24. The highest BCUT2D eigenvalue weighted by atomic mass is 16.6. The summed E-state index contributed by atoms with van der Waals surface area (Å²) in [5.41, 5.74) is 4.87. The van der Waals surface area contributed by atoms with Crippen molar-refractivity contribution < 1.29 is 14.3 Å². The summed E-state index contributed by atoms with van der Waals surface area (Å²) in [6.07, 6.45) is 1.70. The predicted octanol–water partition coefficient (Wildman–Crippen LogP) is 0.928. The molecule has 0 bridgehead atoms. The van der Waals surface area contributed by atoms with Gasteiger partial charge in [-0.15, -0.1) is 0 Å². The number of rotatable bonds is 4. The van der Waals surface area contributed by atoms with Gasteiger partial charge in [0.2, 0.25) is 0 Å². The van der Waals surface area contributed by atoms with Crippen LogP contribution >= 0.6 is 0 Å². The van der Waals surface area contributed by atoms with Crippen LogP contribution in [-0.4, -0.2) is 45.6 Å². The number of nitrogens with two attached hydrogens (primary N) is 1. The van der Waals surface area contributed by atoms with Crippen LogP contribution in [-0.2, 0) is 18.2 Å². The van der Waals surface area contributed by atoms with Crippen molar-refractivity contribution in [2.24, 2.45) is 12.8 Å². The van der Waals surface area contributed by atoms with Gasteiger partial charge in [0.1, 0.15) is 17.1 Å². The highest BCUT2D eigenvalue weighted by Gasteiger charge is 2.20. The number of amides is 2. The molecular formula is C13H22N4O3. The van der Waals surface area contributed by atoms with Crippen molar-refractivity contribution in [3.05, 3.63) is 17.7 Å². The molecule has 0 aliphatic heterocycles. The second-order valence-electron chi connectivity index (χ2n) is 5.67. The van der Waals surface area contributed by atoms with Gasteiger partial charge >= 0.3 is 6.09 Å². The lowest BCUT2D eigenvalue weighted by atomic mass is 10.2. The number of imidazole rings is 1. The lowest BCUT2D eigenvalue weighted by Crippen LogP contribution is -2.35. The Morgan fingerprint density at radius 2 is 2.05 bits per heavy atom. The predicted molar refractivity (Wildman–Crippen MR) is 74.3 cm³/mol.